The molecule has 1 aromatic heterocycles. The number of aromatic nitrogens is 1. The van der Waals surface area contributed by atoms with Crippen LogP contribution in [0.15, 0.2) is 30.5 Å². The highest BCUT2D eigenvalue weighted by Crippen LogP contribution is 2.06. The highest BCUT2D eigenvalue weighted by Gasteiger charge is 2.14. The molecule has 0 spiro atoms. The van der Waals surface area contributed by atoms with Gasteiger partial charge in [0.15, 0.2) is 0 Å². The van der Waals surface area contributed by atoms with Crippen LogP contribution in [0.25, 0.3) is 0 Å². The Bertz CT molecular complexity index is 397. The van der Waals surface area contributed by atoms with E-state index in [4.69, 9.17) is 5.73 Å². The van der Waals surface area contributed by atoms with Crippen molar-refractivity contribution in [1.82, 2.24) is 9.88 Å². The molecule has 1 aliphatic heterocycles. The summed E-state index contributed by atoms with van der Waals surface area (Å²) >= 11 is 0. The zero-order chi connectivity index (χ0) is 11.4. The van der Waals surface area contributed by atoms with Crippen molar-refractivity contribution in [2.75, 3.05) is 18.8 Å². The number of anilines is 1. The molecule has 1 amide bonds. The fourth-order valence-electron chi connectivity index (χ4n) is 1.68. The van der Waals surface area contributed by atoms with E-state index in [-0.39, 0.29) is 5.91 Å². The van der Waals surface area contributed by atoms with Crippen molar-refractivity contribution in [3.8, 4) is 0 Å². The molecule has 1 aliphatic rings. The average Bonchev–Trinajstić information content (AvgIpc) is 2.33. The Labute approximate surface area is 94.8 Å². The smallest absolute Gasteiger partial charge is 0.228 e. The molecule has 84 valence electrons. The van der Waals surface area contributed by atoms with E-state index in [1.807, 2.05) is 11.0 Å². The largest absolute Gasteiger partial charge is 0.397 e. The van der Waals surface area contributed by atoms with E-state index in [0.717, 1.165) is 18.7 Å². The van der Waals surface area contributed by atoms with Crippen LogP contribution in [0.3, 0.4) is 0 Å². The van der Waals surface area contributed by atoms with Gasteiger partial charge in [-0.3, -0.25) is 9.78 Å². The van der Waals surface area contributed by atoms with Gasteiger partial charge in [0.2, 0.25) is 5.91 Å². The summed E-state index contributed by atoms with van der Waals surface area (Å²) < 4.78 is 0. The van der Waals surface area contributed by atoms with Crippen LogP contribution in [0.4, 0.5) is 5.69 Å². The number of nitrogens with two attached hydrogens (primary N) is 1. The van der Waals surface area contributed by atoms with Crippen LogP contribution in [0.1, 0.15) is 12.1 Å². The van der Waals surface area contributed by atoms with Crippen molar-refractivity contribution in [1.29, 1.82) is 0 Å². The SMILES string of the molecule is Nc1ccc(CC(=O)N2CC=CCC2)nc1. The number of carbonyl (C=O) groups excluding carboxylic acids is 1. The van der Waals surface area contributed by atoms with Gasteiger partial charge in [0, 0.05) is 18.8 Å². The van der Waals surface area contributed by atoms with Crippen molar-refractivity contribution >= 4 is 11.6 Å². The monoisotopic (exact) mass is 217 g/mol. The van der Waals surface area contributed by atoms with Gasteiger partial charge in [-0.05, 0) is 18.6 Å². The lowest BCUT2D eigenvalue weighted by molar-refractivity contribution is -0.130. The molecule has 16 heavy (non-hydrogen) atoms. The fraction of sp³-hybridized carbons (Fsp3) is 0.333. The number of hydrogen-bond donors (Lipinski definition) is 1. The molecule has 1 aromatic rings. The van der Waals surface area contributed by atoms with E-state index < -0.39 is 0 Å². The first-order chi connectivity index (χ1) is 7.75. The van der Waals surface area contributed by atoms with Gasteiger partial charge in [-0.25, -0.2) is 0 Å². The predicted molar refractivity (Wildman–Crippen MR) is 62.7 cm³/mol. The topological polar surface area (TPSA) is 59.2 Å². The number of nitrogen functional groups attached to an aromatic ring is 1. The molecular formula is C12H15N3O. The molecule has 0 unspecified atom stereocenters. The van der Waals surface area contributed by atoms with Crippen LogP contribution in [-0.4, -0.2) is 28.9 Å². The van der Waals surface area contributed by atoms with Gasteiger partial charge >= 0.3 is 0 Å². The molecule has 0 fully saturated rings. The third kappa shape index (κ3) is 2.59. The second-order valence-corrected chi connectivity index (χ2v) is 3.86. The Morgan fingerprint density at radius 3 is 2.94 bits per heavy atom. The van der Waals surface area contributed by atoms with E-state index >= 15 is 0 Å². The van der Waals surface area contributed by atoms with E-state index in [1.54, 1.807) is 18.3 Å². The van der Waals surface area contributed by atoms with Gasteiger partial charge in [-0.15, -0.1) is 0 Å². The minimum Gasteiger partial charge on any atom is -0.397 e. The highest BCUT2D eigenvalue weighted by molar-refractivity contribution is 5.78. The van der Waals surface area contributed by atoms with Gasteiger partial charge in [0.25, 0.3) is 0 Å². The maximum absolute atomic E-state index is 11.9. The van der Waals surface area contributed by atoms with Gasteiger partial charge in [-0.1, -0.05) is 12.2 Å². The number of pyridine rings is 1. The van der Waals surface area contributed by atoms with Crippen LogP contribution in [0.5, 0.6) is 0 Å². The first-order valence-corrected chi connectivity index (χ1v) is 5.39. The first kappa shape index (κ1) is 10.7. The normalized spacial score (nSPS) is 15.1. The Morgan fingerprint density at radius 1 is 1.44 bits per heavy atom. The summed E-state index contributed by atoms with van der Waals surface area (Å²) in [5, 5.41) is 0. The Balaban J connectivity index is 1.96. The van der Waals surface area contributed by atoms with Gasteiger partial charge < -0.3 is 10.6 Å². The van der Waals surface area contributed by atoms with Crippen molar-refractivity contribution in [3.63, 3.8) is 0 Å². The summed E-state index contributed by atoms with van der Waals surface area (Å²) in [5.74, 6) is 0.127. The molecule has 0 saturated heterocycles. The number of amides is 1. The quantitative estimate of drug-likeness (QED) is 0.752. The van der Waals surface area contributed by atoms with Gasteiger partial charge in [0.05, 0.1) is 18.3 Å². The number of rotatable bonds is 2. The van der Waals surface area contributed by atoms with Crippen molar-refractivity contribution in [2.24, 2.45) is 0 Å². The Kier molecular flexibility index (Phi) is 3.19. The van der Waals surface area contributed by atoms with Crippen LogP contribution >= 0.6 is 0 Å². The molecule has 0 saturated carbocycles. The van der Waals surface area contributed by atoms with Crippen LogP contribution in [-0.2, 0) is 11.2 Å². The fourth-order valence-corrected chi connectivity index (χ4v) is 1.68. The van der Waals surface area contributed by atoms with Gasteiger partial charge in [0.1, 0.15) is 0 Å². The van der Waals surface area contributed by atoms with Crippen molar-refractivity contribution in [3.05, 3.63) is 36.2 Å². The van der Waals surface area contributed by atoms with E-state index in [9.17, 15) is 4.79 Å². The Hall–Kier alpha value is -1.84. The van der Waals surface area contributed by atoms with E-state index in [1.165, 1.54) is 0 Å². The minimum absolute atomic E-state index is 0.127. The summed E-state index contributed by atoms with van der Waals surface area (Å²) in [6.45, 7) is 1.53. The van der Waals surface area contributed by atoms with E-state index in [0.29, 0.717) is 18.7 Å². The summed E-state index contributed by atoms with van der Waals surface area (Å²) in [7, 11) is 0. The van der Waals surface area contributed by atoms with Gasteiger partial charge in [-0.2, -0.15) is 0 Å². The molecule has 0 aromatic carbocycles. The second-order valence-electron chi connectivity index (χ2n) is 3.86. The molecular weight excluding hydrogens is 202 g/mol. The Morgan fingerprint density at radius 2 is 2.31 bits per heavy atom. The molecule has 0 radical (unpaired) electrons. The second kappa shape index (κ2) is 4.79. The molecule has 4 heteroatoms. The maximum atomic E-state index is 11.9. The van der Waals surface area contributed by atoms with Crippen molar-refractivity contribution in [2.45, 2.75) is 12.8 Å². The summed E-state index contributed by atoms with van der Waals surface area (Å²) in [5.41, 5.74) is 6.93. The first-order valence-electron chi connectivity index (χ1n) is 5.39. The third-order valence-electron chi connectivity index (χ3n) is 2.59. The average molecular weight is 217 g/mol. The molecule has 2 heterocycles. The zero-order valence-corrected chi connectivity index (χ0v) is 9.10. The number of carbonyl (C=O) groups is 1. The predicted octanol–water partition coefficient (Wildman–Crippen LogP) is 0.995. The third-order valence-corrected chi connectivity index (χ3v) is 2.59. The molecule has 0 atom stereocenters. The maximum Gasteiger partial charge on any atom is 0.228 e. The van der Waals surface area contributed by atoms with Crippen molar-refractivity contribution < 1.29 is 4.79 Å². The van der Waals surface area contributed by atoms with E-state index in [2.05, 4.69) is 11.1 Å². The zero-order valence-electron chi connectivity index (χ0n) is 9.10. The molecule has 2 rings (SSSR count). The lowest BCUT2D eigenvalue weighted by Crippen LogP contribution is -2.35. The van der Waals surface area contributed by atoms with Crippen LogP contribution in [0.2, 0.25) is 0 Å². The standard InChI is InChI=1S/C12H15N3O/c13-10-4-5-11(14-9-10)8-12(16)15-6-2-1-3-7-15/h1-2,4-5,9H,3,6-8,13H2. The molecule has 0 aliphatic carbocycles. The molecule has 0 bridgehead atoms. The van der Waals surface area contributed by atoms with Crippen LogP contribution < -0.4 is 5.73 Å². The molecule has 2 N–H and O–H groups in total. The highest BCUT2D eigenvalue weighted by atomic mass is 16.2. The molecule has 4 nitrogen and oxygen atoms in total. The summed E-state index contributed by atoms with van der Waals surface area (Å²) in [6.07, 6.45) is 7.01. The number of hydrogen-bond acceptors (Lipinski definition) is 3. The lowest BCUT2D eigenvalue weighted by Gasteiger charge is -2.23. The summed E-state index contributed by atoms with van der Waals surface area (Å²) in [4.78, 5) is 17.8. The number of nitrogens with zero attached hydrogens (tertiary/aromatic N) is 2. The lowest BCUT2D eigenvalue weighted by atomic mass is 10.2. The summed E-state index contributed by atoms with van der Waals surface area (Å²) in [6, 6.07) is 3.57. The minimum atomic E-state index is 0.127. The van der Waals surface area contributed by atoms with Crippen LogP contribution in [0, 0.1) is 0 Å².